The molecule has 0 aliphatic carbocycles. The first-order chi connectivity index (χ1) is 14.8. The number of esters is 2. The Kier molecular flexibility index (Phi) is 9.72. The third-order valence-corrected chi connectivity index (χ3v) is 6.04. The van der Waals surface area contributed by atoms with E-state index in [4.69, 9.17) is 15.2 Å². The topological polar surface area (TPSA) is 119 Å². The maximum atomic E-state index is 11.9. The van der Waals surface area contributed by atoms with Gasteiger partial charge in [0.1, 0.15) is 6.61 Å². The minimum Gasteiger partial charge on any atom is -0.431 e. The van der Waals surface area contributed by atoms with Gasteiger partial charge >= 0.3 is 17.7 Å². The number of aliphatic hydroxyl groups is 2. The van der Waals surface area contributed by atoms with Gasteiger partial charge in [-0.2, -0.15) is 0 Å². The molecular weight excluding hydrogens is 418 g/mol. The maximum Gasteiger partial charge on any atom is 0.334 e. The number of thiophene rings is 1. The summed E-state index contributed by atoms with van der Waals surface area (Å²) in [5.74, 6) is 1.60. The van der Waals surface area contributed by atoms with Crippen LogP contribution in [-0.2, 0) is 24.8 Å². The lowest BCUT2D eigenvalue weighted by Gasteiger charge is -2.40. The van der Waals surface area contributed by atoms with E-state index in [-0.39, 0.29) is 4.88 Å². The standard InChI is InChI=1S/C23H31NO6S/c1-2-3-4-5-6-7-8-9-10-11-12-18-15-19(31-16-18)23(28)22(24,17-25)29-20(26)13-14-21(27)30-23/h13-16,25,28H,2-10,17,24H2,1H3/b14-13-/t22-,23+/m1/s1. The molecule has 1 aromatic heterocycles. The molecule has 170 valence electrons. The molecule has 2 rings (SSSR count). The molecule has 8 heteroatoms. The van der Waals surface area contributed by atoms with Gasteiger partial charge in [-0.15, -0.1) is 11.3 Å². The van der Waals surface area contributed by atoms with Crippen LogP contribution in [0.3, 0.4) is 0 Å². The summed E-state index contributed by atoms with van der Waals surface area (Å²) in [5.41, 5.74) is 4.16. The van der Waals surface area contributed by atoms with Crippen LogP contribution in [0.15, 0.2) is 23.6 Å². The van der Waals surface area contributed by atoms with Crippen LogP contribution in [0.25, 0.3) is 0 Å². The van der Waals surface area contributed by atoms with Gasteiger partial charge in [-0.1, -0.05) is 63.7 Å². The normalized spacial score (nSPS) is 24.4. The average molecular weight is 450 g/mol. The van der Waals surface area contributed by atoms with Gasteiger partial charge in [0.25, 0.3) is 5.72 Å². The summed E-state index contributed by atoms with van der Waals surface area (Å²) in [6, 6.07) is 1.51. The zero-order chi connectivity index (χ0) is 22.7. The van der Waals surface area contributed by atoms with E-state index < -0.39 is 30.1 Å². The Labute approximate surface area is 187 Å². The average Bonchev–Trinajstić information content (AvgIpc) is 3.22. The molecule has 2 heterocycles. The Bertz CT molecular complexity index is 839. The number of rotatable bonds is 10. The largest absolute Gasteiger partial charge is 0.431 e. The van der Waals surface area contributed by atoms with E-state index in [1.807, 2.05) is 0 Å². The van der Waals surface area contributed by atoms with Crippen LogP contribution in [0.4, 0.5) is 0 Å². The Morgan fingerprint density at radius 3 is 2.29 bits per heavy atom. The molecule has 0 unspecified atom stereocenters. The molecule has 2 atom stereocenters. The van der Waals surface area contributed by atoms with Crippen LogP contribution in [-0.4, -0.2) is 34.5 Å². The van der Waals surface area contributed by atoms with E-state index in [1.54, 1.807) is 5.38 Å². The maximum absolute atomic E-state index is 11.9. The molecule has 0 radical (unpaired) electrons. The molecule has 1 aromatic rings. The lowest BCUT2D eigenvalue weighted by molar-refractivity contribution is -0.302. The molecular formula is C23H31NO6S. The van der Waals surface area contributed by atoms with Crippen molar-refractivity contribution in [2.45, 2.75) is 76.2 Å². The number of aliphatic hydroxyl groups excluding tert-OH is 1. The van der Waals surface area contributed by atoms with Crippen LogP contribution < -0.4 is 5.73 Å². The highest BCUT2D eigenvalue weighted by Crippen LogP contribution is 2.38. The van der Waals surface area contributed by atoms with E-state index in [0.29, 0.717) is 5.56 Å². The van der Waals surface area contributed by atoms with Gasteiger partial charge in [0.05, 0.1) is 4.88 Å². The first-order valence-electron chi connectivity index (χ1n) is 10.7. The summed E-state index contributed by atoms with van der Waals surface area (Å²) < 4.78 is 10.0. The van der Waals surface area contributed by atoms with Gasteiger partial charge in [-0.3, -0.25) is 5.73 Å². The SMILES string of the molecule is CCCCCCCCCCC#Cc1csc([C@]2(O)OC(=O)/C=C\C(=O)O[C@]2(N)CO)c1. The predicted molar refractivity (Wildman–Crippen MR) is 118 cm³/mol. The van der Waals surface area contributed by atoms with Crippen molar-refractivity contribution in [2.24, 2.45) is 5.73 Å². The second kappa shape index (κ2) is 12.0. The molecule has 0 saturated heterocycles. The fourth-order valence-electron chi connectivity index (χ4n) is 3.17. The molecule has 7 nitrogen and oxygen atoms in total. The number of nitrogens with two attached hydrogens (primary N) is 1. The van der Waals surface area contributed by atoms with Crippen molar-refractivity contribution in [2.75, 3.05) is 6.61 Å². The highest BCUT2D eigenvalue weighted by atomic mass is 32.1. The third kappa shape index (κ3) is 6.91. The van der Waals surface area contributed by atoms with Crippen molar-refractivity contribution < 1.29 is 29.3 Å². The Hall–Kier alpha value is -2.18. The number of carbonyl (C=O) groups is 2. The fourth-order valence-corrected chi connectivity index (χ4v) is 4.12. The summed E-state index contributed by atoms with van der Waals surface area (Å²) in [5, 5.41) is 22.4. The van der Waals surface area contributed by atoms with Gasteiger partial charge in [0, 0.05) is 29.5 Å². The quantitative estimate of drug-likeness (QED) is 0.285. The van der Waals surface area contributed by atoms with Gasteiger partial charge < -0.3 is 19.7 Å². The number of hydrogen-bond donors (Lipinski definition) is 3. The van der Waals surface area contributed by atoms with E-state index in [0.717, 1.165) is 42.8 Å². The molecule has 4 N–H and O–H groups in total. The van der Waals surface area contributed by atoms with Crippen LogP contribution in [0.2, 0.25) is 0 Å². The Balaban J connectivity index is 1.97. The smallest absolute Gasteiger partial charge is 0.334 e. The van der Waals surface area contributed by atoms with Crippen LogP contribution in [0, 0.1) is 11.8 Å². The van der Waals surface area contributed by atoms with Crippen molar-refractivity contribution in [1.29, 1.82) is 0 Å². The third-order valence-electron chi connectivity index (χ3n) is 5.02. The van der Waals surface area contributed by atoms with Crippen LogP contribution in [0.5, 0.6) is 0 Å². The molecule has 0 aromatic carbocycles. The van der Waals surface area contributed by atoms with E-state index in [9.17, 15) is 19.8 Å². The van der Waals surface area contributed by atoms with Gasteiger partial charge in [0.2, 0.25) is 0 Å². The van der Waals surface area contributed by atoms with E-state index >= 15 is 0 Å². The second-order valence-electron chi connectivity index (χ2n) is 7.59. The second-order valence-corrected chi connectivity index (χ2v) is 8.50. The first kappa shape index (κ1) is 25.1. The van der Waals surface area contributed by atoms with Crippen molar-refractivity contribution >= 4 is 23.3 Å². The minimum absolute atomic E-state index is 0.0943. The molecule has 0 bridgehead atoms. The van der Waals surface area contributed by atoms with Crippen LogP contribution in [0.1, 0.15) is 75.2 Å². The predicted octanol–water partition coefficient (Wildman–Crippen LogP) is 3.08. The molecule has 1 aliphatic rings. The van der Waals surface area contributed by atoms with E-state index in [1.165, 1.54) is 44.6 Å². The first-order valence-corrected chi connectivity index (χ1v) is 11.6. The summed E-state index contributed by atoms with van der Waals surface area (Å²) >= 11 is 1.04. The molecule has 0 amide bonds. The monoisotopic (exact) mass is 449 g/mol. The van der Waals surface area contributed by atoms with Crippen LogP contribution >= 0.6 is 11.3 Å². The summed E-state index contributed by atoms with van der Waals surface area (Å²) in [4.78, 5) is 23.8. The molecule has 1 aliphatic heterocycles. The lowest BCUT2D eigenvalue weighted by Crippen LogP contribution is -2.65. The lowest BCUT2D eigenvalue weighted by atomic mass is 10.0. The van der Waals surface area contributed by atoms with Crippen molar-refractivity contribution in [1.82, 2.24) is 0 Å². The van der Waals surface area contributed by atoms with Gasteiger partial charge in [0.15, 0.2) is 0 Å². The number of unbranched alkanes of at least 4 members (excludes halogenated alkanes) is 8. The molecule has 0 saturated carbocycles. The fraction of sp³-hybridized carbons (Fsp3) is 0.565. The van der Waals surface area contributed by atoms with Gasteiger partial charge in [-0.25, -0.2) is 9.59 Å². The summed E-state index contributed by atoms with van der Waals surface area (Å²) in [6.07, 6.45) is 12.2. The number of carbonyl (C=O) groups excluding carboxylic acids is 2. The zero-order valence-electron chi connectivity index (χ0n) is 17.9. The zero-order valence-corrected chi connectivity index (χ0v) is 18.7. The number of ether oxygens (including phenoxy) is 2. The molecule has 0 fully saturated rings. The van der Waals surface area contributed by atoms with Crippen molar-refractivity contribution in [3.05, 3.63) is 34.0 Å². The molecule has 31 heavy (non-hydrogen) atoms. The van der Waals surface area contributed by atoms with Crippen molar-refractivity contribution in [3.8, 4) is 11.8 Å². The highest BCUT2D eigenvalue weighted by Gasteiger charge is 2.57. The van der Waals surface area contributed by atoms with Crippen molar-refractivity contribution in [3.63, 3.8) is 0 Å². The minimum atomic E-state index is -2.55. The summed E-state index contributed by atoms with van der Waals surface area (Å²) in [7, 11) is 0. The highest BCUT2D eigenvalue weighted by molar-refractivity contribution is 7.10. The number of cyclic esters (lactones) is 2. The molecule has 0 spiro atoms. The Morgan fingerprint density at radius 1 is 1.03 bits per heavy atom. The Morgan fingerprint density at radius 2 is 1.65 bits per heavy atom. The van der Waals surface area contributed by atoms with E-state index in [2.05, 4.69) is 18.8 Å². The number of hydrogen-bond acceptors (Lipinski definition) is 8. The summed E-state index contributed by atoms with van der Waals surface area (Å²) in [6.45, 7) is 1.25. The van der Waals surface area contributed by atoms with Gasteiger partial charge in [-0.05, 0) is 12.5 Å².